The number of benzene rings is 2. The fourth-order valence-corrected chi connectivity index (χ4v) is 2.95. The molecule has 0 bridgehead atoms. The van der Waals surface area contributed by atoms with Gasteiger partial charge in [-0.05, 0) is 48.4 Å². The van der Waals surface area contributed by atoms with Gasteiger partial charge >= 0.3 is 0 Å². The quantitative estimate of drug-likeness (QED) is 0.442. The third-order valence-electron chi connectivity index (χ3n) is 4.07. The summed E-state index contributed by atoms with van der Waals surface area (Å²) in [7, 11) is 0. The van der Waals surface area contributed by atoms with Crippen molar-refractivity contribution in [2.24, 2.45) is 0 Å². The molecule has 136 valence electrons. The predicted molar refractivity (Wildman–Crippen MR) is 108 cm³/mol. The lowest BCUT2D eigenvalue weighted by molar-refractivity contribution is 0.306. The summed E-state index contributed by atoms with van der Waals surface area (Å²) in [6.07, 6.45) is 6.54. The SMILES string of the molecule is CCCCCCCNCc1cccc(OCc2ccc(Cl)c(Cl)c2)c1. The lowest BCUT2D eigenvalue weighted by atomic mass is 10.1. The molecule has 0 amide bonds. The number of ether oxygens (including phenoxy) is 1. The van der Waals surface area contributed by atoms with Crippen molar-refractivity contribution in [3.8, 4) is 5.75 Å². The molecule has 2 nitrogen and oxygen atoms in total. The van der Waals surface area contributed by atoms with E-state index in [-0.39, 0.29) is 0 Å². The fourth-order valence-electron chi connectivity index (χ4n) is 2.63. The van der Waals surface area contributed by atoms with Gasteiger partial charge in [-0.1, -0.05) is 74.0 Å². The molecule has 1 N–H and O–H groups in total. The molecule has 0 saturated carbocycles. The largest absolute Gasteiger partial charge is 0.489 e. The Labute approximate surface area is 161 Å². The summed E-state index contributed by atoms with van der Waals surface area (Å²) in [6.45, 7) is 4.66. The zero-order valence-electron chi connectivity index (χ0n) is 14.9. The van der Waals surface area contributed by atoms with Gasteiger partial charge in [-0.3, -0.25) is 0 Å². The minimum absolute atomic E-state index is 0.477. The third kappa shape index (κ3) is 7.68. The maximum absolute atomic E-state index is 6.04. The number of rotatable bonds is 11. The molecule has 0 atom stereocenters. The second kappa shape index (κ2) is 11.4. The normalized spacial score (nSPS) is 10.8. The Bertz CT molecular complexity index is 646. The highest BCUT2D eigenvalue weighted by Gasteiger charge is 2.02. The molecule has 2 aromatic rings. The molecular formula is C21H27Cl2NO. The molecule has 0 radical (unpaired) electrons. The second-order valence-electron chi connectivity index (χ2n) is 6.28. The minimum Gasteiger partial charge on any atom is -0.489 e. The minimum atomic E-state index is 0.477. The van der Waals surface area contributed by atoms with Gasteiger partial charge in [0.15, 0.2) is 0 Å². The Morgan fingerprint density at radius 3 is 2.52 bits per heavy atom. The van der Waals surface area contributed by atoms with Crippen molar-refractivity contribution in [3.05, 3.63) is 63.6 Å². The molecule has 0 saturated heterocycles. The highest BCUT2D eigenvalue weighted by Crippen LogP contribution is 2.23. The first-order valence-corrected chi connectivity index (χ1v) is 9.81. The van der Waals surface area contributed by atoms with Gasteiger partial charge in [0.05, 0.1) is 10.0 Å². The van der Waals surface area contributed by atoms with Crippen molar-refractivity contribution in [2.45, 2.75) is 52.2 Å². The van der Waals surface area contributed by atoms with Crippen molar-refractivity contribution in [3.63, 3.8) is 0 Å². The summed E-state index contributed by atoms with van der Waals surface area (Å²) in [5, 5.41) is 4.62. The summed E-state index contributed by atoms with van der Waals surface area (Å²) >= 11 is 12.0. The highest BCUT2D eigenvalue weighted by atomic mass is 35.5. The van der Waals surface area contributed by atoms with E-state index < -0.39 is 0 Å². The van der Waals surface area contributed by atoms with E-state index >= 15 is 0 Å². The van der Waals surface area contributed by atoms with Gasteiger partial charge < -0.3 is 10.1 Å². The predicted octanol–water partition coefficient (Wildman–Crippen LogP) is 6.63. The van der Waals surface area contributed by atoms with Crippen molar-refractivity contribution >= 4 is 23.2 Å². The molecule has 2 aromatic carbocycles. The summed E-state index contributed by atoms with van der Waals surface area (Å²) in [6, 6.07) is 13.8. The van der Waals surface area contributed by atoms with Crippen molar-refractivity contribution < 1.29 is 4.74 Å². The van der Waals surface area contributed by atoms with E-state index in [1.807, 2.05) is 24.3 Å². The summed E-state index contributed by atoms with van der Waals surface area (Å²) in [5.74, 6) is 0.869. The monoisotopic (exact) mass is 379 g/mol. The third-order valence-corrected chi connectivity index (χ3v) is 4.81. The number of nitrogens with one attached hydrogen (secondary N) is 1. The summed E-state index contributed by atoms with van der Waals surface area (Å²) in [4.78, 5) is 0. The number of unbranched alkanes of at least 4 members (excludes halogenated alkanes) is 4. The Morgan fingerprint density at radius 1 is 0.880 bits per heavy atom. The van der Waals surface area contributed by atoms with Gasteiger partial charge in [-0.2, -0.15) is 0 Å². The molecule has 2 rings (SSSR count). The van der Waals surface area contributed by atoms with Crippen molar-refractivity contribution in [2.75, 3.05) is 6.54 Å². The molecule has 0 aliphatic heterocycles. The average Bonchev–Trinajstić information content (AvgIpc) is 2.62. The highest BCUT2D eigenvalue weighted by molar-refractivity contribution is 6.42. The van der Waals surface area contributed by atoms with Crippen LogP contribution in [0.3, 0.4) is 0 Å². The maximum atomic E-state index is 6.04. The number of hydrogen-bond acceptors (Lipinski definition) is 2. The van der Waals surface area contributed by atoms with Crippen molar-refractivity contribution in [1.82, 2.24) is 5.32 Å². The fraction of sp³-hybridized carbons (Fsp3) is 0.429. The number of hydrogen-bond donors (Lipinski definition) is 1. The molecular weight excluding hydrogens is 353 g/mol. The Balaban J connectivity index is 1.73. The van der Waals surface area contributed by atoms with Gasteiger partial charge in [-0.15, -0.1) is 0 Å². The van der Waals surface area contributed by atoms with E-state index in [1.165, 1.54) is 37.7 Å². The maximum Gasteiger partial charge on any atom is 0.120 e. The van der Waals surface area contributed by atoms with Crippen molar-refractivity contribution in [1.29, 1.82) is 0 Å². The molecule has 0 spiro atoms. The second-order valence-corrected chi connectivity index (χ2v) is 7.09. The van der Waals surface area contributed by atoms with Crippen LogP contribution >= 0.6 is 23.2 Å². The van der Waals surface area contributed by atoms with Crippen LogP contribution < -0.4 is 10.1 Å². The molecule has 0 aliphatic rings. The van der Waals surface area contributed by atoms with Crippen LogP contribution in [0.4, 0.5) is 0 Å². The van der Waals surface area contributed by atoms with E-state index in [1.54, 1.807) is 6.07 Å². The van der Waals surface area contributed by atoms with Gasteiger partial charge in [0.2, 0.25) is 0 Å². The summed E-state index contributed by atoms with van der Waals surface area (Å²) in [5.41, 5.74) is 2.24. The standard InChI is InChI=1S/C21H27Cl2NO/c1-2-3-4-5-6-12-24-15-17-8-7-9-19(13-17)25-16-18-10-11-20(22)21(23)14-18/h7-11,13-14,24H,2-6,12,15-16H2,1H3. The zero-order chi connectivity index (χ0) is 17.9. The van der Waals surface area contributed by atoms with Crippen LogP contribution in [0.5, 0.6) is 5.75 Å². The van der Waals surface area contributed by atoms with E-state index in [0.29, 0.717) is 16.7 Å². The van der Waals surface area contributed by atoms with Crippen LogP contribution in [0.15, 0.2) is 42.5 Å². The van der Waals surface area contributed by atoms with Gasteiger partial charge in [0.1, 0.15) is 12.4 Å². The van der Waals surface area contributed by atoms with Crippen LogP contribution in [0.25, 0.3) is 0 Å². The summed E-state index contributed by atoms with van der Waals surface area (Å²) < 4.78 is 5.87. The molecule has 0 heterocycles. The smallest absolute Gasteiger partial charge is 0.120 e. The van der Waals surface area contributed by atoms with Crippen LogP contribution in [0.1, 0.15) is 50.2 Å². The number of halogens is 2. The first kappa shape index (κ1) is 20.1. The molecule has 4 heteroatoms. The van der Waals surface area contributed by atoms with E-state index in [4.69, 9.17) is 27.9 Å². The molecule has 0 aliphatic carbocycles. The van der Waals surface area contributed by atoms with Crippen LogP contribution in [-0.2, 0) is 13.2 Å². The van der Waals surface area contributed by atoms with Gasteiger partial charge in [-0.25, -0.2) is 0 Å². The van der Waals surface area contributed by atoms with E-state index in [9.17, 15) is 0 Å². The average molecular weight is 380 g/mol. The lowest BCUT2D eigenvalue weighted by Crippen LogP contribution is -2.14. The van der Waals surface area contributed by atoms with Gasteiger partial charge in [0.25, 0.3) is 0 Å². The molecule has 25 heavy (non-hydrogen) atoms. The van der Waals surface area contributed by atoms with Crippen LogP contribution in [-0.4, -0.2) is 6.54 Å². The topological polar surface area (TPSA) is 21.3 Å². The van der Waals surface area contributed by atoms with Crippen LogP contribution in [0.2, 0.25) is 10.0 Å². The molecule has 0 unspecified atom stereocenters. The van der Waals surface area contributed by atoms with Gasteiger partial charge in [0, 0.05) is 6.54 Å². The Hall–Kier alpha value is -1.22. The van der Waals surface area contributed by atoms with E-state index in [2.05, 4.69) is 24.4 Å². The Morgan fingerprint density at radius 2 is 1.72 bits per heavy atom. The van der Waals surface area contributed by atoms with Crippen LogP contribution in [0, 0.1) is 0 Å². The Kier molecular flexibility index (Phi) is 9.17. The first-order chi connectivity index (χ1) is 12.2. The first-order valence-electron chi connectivity index (χ1n) is 9.05. The lowest BCUT2D eigenvalue weighted by Gasteiger charge is -2.10. The zero-order valence-corrected chi connectivity index (χ0v) is 16.4. The molecule has 0 fully saturated rings. The van der Waals surface area contributed by atoms with E-state index in [0.717, 1.165) is 24.4 Å². The molecule has 0 aromatic heterocycles.